The number of amides is 4. The van der Waals surface area contributed by atoms with Crippen LogP contribution >= 0.6 is 15.9 Å². The summed E-state index contributed by atoms with van der Waals surface area (Å²) >= 11 is 3.21. The van der Waals surface area contributed by atoms with Crippen LogP contribution < -0.4 is 10.6 Å². The second-order valence-electron chi connectivity index (χ2n) is 4.42. The molecule has 0 aromatic heterocycles. The first kappa shape index (κ1) is 12.8. The summed E-state index contributed by atoms with van der Waals surface area (Å²) in [5, 5.41) is 5.89. The summed E-state index contributed by atoms with van der Waals surface area (Å²) in [5.41, 5.74) is 0.498. The summed E-state index contributed by atoms with van der Waals surface area (Å²) in [6.45, 7) is 0. The number of halogens is 1. The highest BCUT2D eigenvalue weighted by molar-refractivity contribution is 9.10. The molecule has 0 saturated carbocycles. The normalized spacial score (nSPS) is 17.8. The molecule has 2 aromatic rings. The smallest absolute Gasteiger partial charge is 0.276 e. The van der Waals surface area contributed by atoms with Crippen molar-refractivity contribution in [2.75, 3.05) is 0 Å². The van der Waals surface area contributed by atoms with Crippen LogP contribution in [0.2, 0.25) is 0 Å². The number of benzene rings is 2. The zero-order valence-electron chi connectivity index (χ0n) is 10.1. The first-order chi connectivity index (χ1) is 9.53. The summed E-state index contributed by atoms with van der Waals surface area (Å²) in [5.74, 6) is -1.38. The average Bonchev–Trinajstić information content (AvgIpc) is 2.44. The lowest BCUT2D eigenvalue weighted by Crippen LogP contribution is -2.62. The van der Waals surface area contributed by atoms with Crippen LogP contribution in [-0.4, -0.2) is 17.8 Å². The fourth-order valence-electron chi connectivity index (χ4n) is 2.28. The number of nitrogens with one attached hydrogen (secondary N) is 2. The molecule has 20 heavy (non-hydrogen) atoms. The number of hydrogen-bond acceptors (Lipinski definition) is 3. The molecule has 0 bridgehead atoms. The molecule has 0 spiro atoms. The second-order valence-corrected chi connectivity index (χ2v) is 5.61. The SMILES string of the molecule is O=C1NC(=O)C(Br)(c2cccc3ccccc23)C(=O)N1. The Bertz CT molecular complexity index is 732. The van der Waals surface area contributed by atoms with Gasteiger partial charge in [-0.2, -0.15) is 0 Å². The number of carbonyl (C=O) groups excluding carboxylic acids is 3. The molecule has 0 unspecified atom stereocenters. The van der Waals surface area contributed by atoms with Gasteiger partial charge in [-0.25, -0.2) is 4.79 Å². The van der Waals surface area contributed by atoms with Gasteiger partial charge in [-0.15, -0.1) is 0 Å². The largest absolute Gasteiger partial charge is 0.328 e. The van der Waals surface area contributed by atoms with Gasteiger partial charge in [0.15, 0.2) is 0 Å². The van der Waals surface area contributed by atoms with Gasteiger partial charge in [0.25, 0.3) is 11.8 Å². The minimum atomic E-state index is -1.61. The predicted molar refractivity (Wildman–Crippen MR) is 76.2 cm³/mol. The van der Waals surface area contributed by atoms with Gasteiger partial charge in [0.1, 0.15) is 0 Å². The highest BCUT2D eigenvalue weighted by Crippen LogP contribution is 2.37. The number of barbiturate groups is 1. The minimum Gasteiger partial charge on any atom is -0.276 e. The summed E-state index contributed by atoms with van der Waals surface area (Å²) in [6, 6.07) is 11.9. The van der Waals surface area contributed by atoms with Crippen LogP contribution in [0.15, 0.2) is 42.5 Å². The number of fused-ring (bicyclic) bond motifs is 1. The van der Waals surface area contributed by atoms with Crippen molar-refractivity contribution in [3.63, 3.8) is 0 Å². The molecule has 0 atom stereocenters. The number of urea groups is 1. The van der Waals surface area contributed by atoms with E-state index < -0.39 is 22.2 Å². The third-order valence-corrected chi connectivity index (χ3v) is 4.39. The summed E-state index contributed by atoms with van der Waals surface area (Å²) in [7, 11) is 0. The van der Waals surface area contributed by atoms with Gasteiger partial charge in [0.05, 0.1) is 0 Å². The number of carbonyl (C=O) groups is 3. The van der Waals surface area contributed by atoms with Crippen LogP contribution in [0.4, 0.5) is 4.79 Å². The lowest BCUT2D eigenvalue weighted by molar-refractivity contribution is -0.133. The maximum absolute atomic E-state index is 12.1. The first-order valence-corrected chi connectivity index (χ1v) is 6.67. The van der Waals surface area contributed by atoms with E-state index in [-0.39, 0.29) is 0 Å². The molecule has 2 aromatic carbocycles. The fraction of sp³-hybridized carbons (Fsp3) is 0.0714. The van der Waals surface area contributed by atoms with Crippen molar-refractivity contribution in [1.82, 2.24) is 10.6 Å². The van der Waals surface area contributed by atoms with E-state index in [9.17, 15) is 14.4 Å². The molecule has 2 N–H and O–H groups in total. The minimum absolute atomic E-state index is 0.498. The topological polar surface area (TPSA) is 75.3 Å². The van der Waals surface area contributed by atoms with Crippen molar-refractivity contribution in [3.8, 4) is 0 Å². The molecular formula is C14H9BrN2O3. The van der Waals surface area contributed by atoms with Crippen LogP contribution in [0.3, 0.4) is 0 Å². The average molecular weight is 333 g/mol. The Morgan fingerprint density at radius 2 is 1.45 bits per heavy atom. The maximum atomic E-state index is 12.1. The van der Waals surface area contributed by atoms with Crippen molar-refractivity contribution in [1.29, 1.82) is 0 Å². The van der Waals surface area contributed by atoms with E-state index in [0.29, 0.717) is 5.56 Å². The van der Waals surface area contributed by atoms with E-state index in [2.05, 4.69) is 26.6 Å². The molecule has 1 saturated heterocycles. The quantitative estimate of drug-likeness (QED) is 0.617. The third kappa shape index (κ3) is 1.72. The molecule has 5 nitrogen and oxygen atoms in total. The molecular weight excluding hydrogens is 324 g/mol. The zero-order chi connectivity index (χ0) is 14.3. The summed E-state index contributed by atoms with van der Waals surface area (Å²) in [6.07, 6.45) is 0. The van der Waals surface area contributed by atoms with E-state index in [1.807, 2.05) is 30.3 Å². The molecule has 1 heterocycles. The molecule has 1 aliphatic rings. The Balaban J connectivity index is 2.26. The molecule has 0 aliphatic carbocycles. The Kier molecular flexibility index (Phi) is 2.83. The van der Waals surface area contributed by atoms with Crippen LogP contribution in [0.25, 0.3) is 10.8 Å². The Morgan fingerprint density at radius 3 is 2.15 bits per heavy atom. The van der Waals surface area contributed by atoms with E-state index >= 15 is 0 Å². The number of imide groups is 2. The first-order valence-electron chi connectivity index (χ1n) is 5.87. The molecule has 0 radical (unpaired) electrons. The summed E-state index contributed by atoms with van der Waals surface area (Å²) < 4.78 is -1.61. The van der Waals surface area contributed by atoms with Gasteiger partial charge in [0.2, 0.25) is 4.32 Å². The van der Waals surface area contributed by atoms with Crippen LogP contribution in [0.1, 0.15) is 5.56 Å². The molecule has 3 rings (SSSR count). The Labute approximate surface area is 122 Å². The number of hydrogen-bond donors (Lipinski definition) is 2. The van der Waals surface area contributed by atoms with Crippen molar-refractivity contribution < 1.29 is 14.4 Å². The van der Waals surface area contributed by atoms with Gasteiger partial charge in [-0.3, -0.25) is 20.2 Å². The molecule has 100 valence electrons. The van der Waals surface area contributed by atoms with Gasteiger partial charge in [-0.1, -0.05) is 58.4 Å². The Morgan fingerprint density at radius 1 is 0.850 bits per heavy atom. The van der Waals surface area contributed by atoms with Crippen molar-refractivity contribution in [2.24, 2.45) is 0 Å². The van der Waals surface area contributed by atoms with E-state index in [1.165, 1.54) is 0 Å². The third-order valence-electron chi connectivity index (χ3n) is 3.24. The van der Waals surface area contributed by atoms with E-state index in [0.717, 1.165) is 10.8 Å². The molecule has 1 fully saturated rings. The Hall–Kier alpha value is -2.21. The van der Waals surface area contributed by atoms with Gasteiger partial charge >= 0.3 is 6.03 Å². The number of alkyl halides is 1. The predicted octanol–water partition coefficient (Wildman–Crippen LogP) is 1.80. The fourth-order valence-corrected chi connectivity index (χ4v) is 2.83. The van der Waals surface area contributed by atoms with Gasteiger partial charge < -0.3 is 0 Å². The highest BCUT2D eigenvalue weighted by atomic mass is 79.9. The highest BCUT2D eigenvalue weighted by Gasteiger charge is 2.50. The van der Waals surface area contributed by atoms with Gasteiger partial charge in [-0.05, 0) is 16.3 Å². The van der Waals surface area contributed by atoms with Crippen LogP contribution in [-0.2, 0) is 13.9 Å². The van der Waals surface area contributed by atoms with E-state index in [1.54, 1.807) is 12.1 Å². The molecule has 6 heteroatoms. The van der Waals surface area contributed by atoms with Crippen LogP contribution in [0.5, 0.6) is 0 Å². The number of rotatable bonds is 1. The van der Waals surface area contributed by atoms with Crippen molar-refractivity contribution in [3.05, 3.63) is 48.0 Å². The van der Waals surface area contributed by atoms with Crippen molar-refractivity contribution >= 4 is 44.5 Å². The monoisotopic (exact) mass is 332 g/mol. The standard InChI is InChI=1S/C14H9BrN2O3/c15-14(11(18)16-13(20)17-12(14)19)10-7-3-5-8-4-1-2-6-9(8)10/h1-7H,(H2,16,17,18,19,20). The molecule has 4 amide bonds. The molecule has 1 aliphatic heterocycles. The lowest BCUT2D eigenvalue weighted by atomic mass is 9.91. The lowest BCUT2D eigenvalue weighted by Gasteiger charge is -2.29. The zero-order valence-corrected chi connectivity index (χ0v) is 11.7. The van der Waals surface area contributed by atoms with Crippen LogP contribution in [0, 0.1) is 0 Å². The summed E-state index contributed by atoms with van der Waals surface area (Å²) in [4.78, 5) is 35.5. The second kappa shape index (κ2) is 4.42. The van der Waals surface area contributed by atoms with Crippen molar-refractivity contribution in [2.45, 2.75) is 4.32 Å². The van der Waals surface area contributed by atoms with Gasteiger partial charge in [0, 0.05) is 0 Å². The van der Waals surface area contributed by atoms with E-state index in [4.69, 9.17) is 0 Å². The maximum Gasteiger partial charge on any atom is 0.328 e.